The molecule has 1 aliphatic heterocycles. The van der Waals surface area contributed by atoms with Gasteiger partial charge in [0.15, 0.2) is 0 Å². The predicted molar refractivity (Wildman–Crippen MR) is 95.8 cm³/mol. The van der Waals surface area contributed by atoms with Gasteiger partial charge in [0.25, 0.3) is 5.91 Å². The lowest BCUT2D eigenvalue weighted by Gasteiger charge is -2.22. The first kappa shape index (κ1) is 19.2. The van der Waals surface area contributed by atoms with Crippen molar-refractivity contribution in [3.05, 3.63) is 29.8 Å². The fourth-order valence-electron chi connectivity index (χ4n) is 2.59. The molecule has 1 saturated heterocycles. The number of nitrogens with one attached hydrogen (secondary N) is 1. The van der Waals surface area contributed by atoms with Gasteiger partial charge in [-0.2, -0.15) is 16.1 Å². The van der Waals surface area contributed by atoms with Crippen LogP contribution in [-0.4, -0.2) is 61.0 Å². The van der Waals surface area contributed by atoms with E-state index in [0.29, 0.717) is 24.4 Å². The van der Waals surface area contributed by atoms with Gasteiger partial charge in [0, 0.05) is 31.0 Å². The number of aliphatic hydroxyl groups is 1. The van der Waals surface area contributed by atoms with E-state index in [4.69, 9.17) is 0 Å². The zero-order chi connectivity index (χ0) is 17.8. The Balaban J connectivity index is 2.02. The smallest absolute Gasteiger partial charge is 0.251 e. The van der Waals surface area contributed by atoms with Crippen molar-refractivity contribution in [3.63, 3.8) is 0 Å². The Morgan fingerprint density at radius 3 is 2.42 bits per heavy atom. The summed E-state index contributed by atoms with van der Waals surface area (Å²) in [6, 6.07) is 5.92. The molecule has 1 heterocycles. The number of hydrogen-bond donors (Lipinski definition) is 2. The molecular formula is C16H24N2O4S2. The summed E-state index contributed by atoms with van der Waals surface area (Å²) in [5, 5.41) is 12.7. The first-order valence-corrected chi connectivity index (χ1v) is 10.7. The lowest BCUT2D eigenvalue weighted by Crippen LogP contribution is -2.42. The van der Waals surface area contributed by atoms with Gasteiger partial charge in [0.2, 0.25) is 10.0 Å². The zero-order valence-electron chi connectivity index (χ0n) is 14.0. The molecular weight excluding hydrogens is 348 g/mol. The fourth-order valence-corrected chi connectivity index (χ4v) is 4.83. The molecule has 6 nitrogen and oxygen atoms in total. The molecule has 1 amide bonds. The minimum Gasteiger partial charge on any atom is -0.387 e. The van der Waals surface area contributed by atoms with Crippen molar-refractivity contribution >= 4 is 27.7 Å². The molecule has 2 rings (SSSR count). The Labute approximate surface area is 147 Å². The molecule has 0 bridgehead atoms. The molecule has 1 aromatic carbocycles. The van der Waals surface area contributed by atoms with E-state index >= 15 is 0 Å². The maximum atomic E-state index is 12.4. The fraction of sp³-hybridized carbons (Fsp3) is 0.562. The number of nitrogens with zero attached hydrogens (tertiary/aromatic N) is 1. The summed E-state index contributed by atoms with van der Waals surface area (Å²) < 4.78 is 26.3. The average molecular weight is 373 g/mol. The third-order valence-electron chi connectivity index (χ3n) is 3.90. The van der Waals surface area contributed by atoms with Crippen LogP contribution < -0.4 is 5.32 Å². The maximum Gasteiger partial charge on any atom is 0.251 e. The highest BCUT2D eigenvalue weighted by Crippen LogP contribution is 2.21. The van der Waals surface area contributed by atoms with Crippen molar-refractivity contribution in [3.8, 4) is 0 Å². The molecule has 1 unspecified atom stereocenters. The minimum absolute atomic E-state index is 0.139. The number of sulfonamides is 1. The van der Waals surface area contributed by atoms with Crippen molar-refractivity contribution in [1.82, 2.24) is 9.62 Å². The molecule has 0 aliphatic carbocycles. The van der Waals surface area contributed by atoms with Crippen LogP contribution in [0.5, 0.6) is 0 Å². The van der Waals surface area contributed by atoms with Gasteiger partial charge in [-0.05, 0) is 50.3 Å². The van der Waals surface area contributed by atoms with Gasteiger partial charge >= 0.3 is 0 Å². The number of thioether (sulfide) groups is 1. The summed E-state index contributed by atoms with van der Waals surface area (Å²) in [5.41, 5.74) is -0.607. The second-order valence-corrected chi connectivity index (χ2v) is 9.05. The third-order valence-corrected chi connectivity index (χ3v) is 6.73. The monoisotopic (exact) mass is 372 g/mol. The van der Waals surface area contributed by atoms with Crippen LogP contribution in [0.3, 0.4) is 0 Å². The van der Waals surface area contributed by atoms with E-state index < -0.39 is 15.6 Å². The lowest BCUT2D eigenvalue weighted by atomic mass is 10.1. The van der Waals surface area contributed by atoms with Gasteiger partial charge in [-0.15, -0.1) is 0 Å². The first-order chi connectivity index (χ1) is 11.3. The summed E-state index contributed by atoms with van der Waals surface area (Å²) >= 11 is 1.50. The Kier molecular flexibility index (Phi) is 6.30. The molecule has 1 aromatic rings. The highest BCUT2D eigenvalue weighted by atomic mass is 32.2. The highest BCUT2D eigenvalue weighted by molar-refractivity contribution is 7.98. The molecule has 1 aliphatic rings. The van der Waals surface area contributed by atoms with E-state index in [1.54, 1.807) is 6.92 Å². The lowest BCUT2D eigenvalue weighted by molar-refractivity contribution is 0.0725. The maximum absolute atomic E-state index is 12.4. The largest absolute Gasteiger partial charge is 0.387 e. The molecule has 134 valence electrons. The van der Waals surface area contributed by atoms with Crippen molar-refractivity contribution < 1.29 is 18.3 Å². The third kappa shape index (κ3) is 4.72. The molecule has 1 fully saturated rings. The molecule has 0 saturated carbocycles. The standard InChI is InChI=1S/C16H24N2O4S2/c1-16(20,12-23-2)11-17-15(19)13-5-7-14(8-6-13)24(21,22)18-9-3-4-10-18/h5-8,20H,3-4,9-12H2,1-2H3,(H,17,19). The SMILES string of the molecule is CSCC(C)(O)CNC(=O)c1ccc(S(=O)(=O)N2CCCC2)cc1. The summed E-state index contributed by atoms with van der Waals surface area (Å²) in [6.07, 6.45) is 3.65. The van der Waals surface area contributed by atoms with E-state index in [-0.39, 0.29) is 17.3 Å². The average Bonchev–Trinajstić information content (AvgIpc) is 3.08. The van der Waals surface area contributed by atoms with Crippen LogP contribution in [0.4, 0.5) is 0 Å². The number of carbonyl (C=O) groups excluding carboxylic acids is 1. The number of carbonyl (C=O) groups is 1. The van der Waals surface area contributed by atoms with Gasteiger partial charge in [-0.25, -0.2) is 8.42 Å². The van der Waals surface area contributed by atoms with Crippen LogP contribution >= 0.6 is 11.8 Å². The Hall–Kier alpha value is -1.09. The van der Waals surface area contributed by atoms with Gasteiger partial charge in [-0.3, -0.25) is 4.79 Å². The van der Waals surface area contributed by atoms with Crippen LogP contribution in [-0.2, 0) is 10.0 Å². The summed E-state index contributed by atoms with van der Waals surface area (Å²) in [5.74, 6) is 0.182. The van der Waals surface area contributed by atoms with E-state index in [1.807, 2.05) is 6.26 Å². The number of hydrogen-bond acceptors (Lipinski definition) is 5. The van der Waals surface area contributed by atoms with Gasteiger partial charge in [0.05, 0.1) is 10.5 Å². The first-order valence-electron chi connectivity index (χ1n) is 7.86. The molecule has 24 heavy (non-hydrogen) atoms. The van der Waals surface area contributed by atoms with Crippen molar-refractivity contribution in [1.29, 1.82) is 0 Å². The van der Waals surface area contributed by atoms with Crippen LogP contribution in [0, 0.1) is 0 Å². The van der Waals surface area contributed by atoms with Crippen LogP contribution in [0.15, 0.2) is 29.2 Å². The Bertz CT molecular complexity index is 666. The summed E-state index contributed by atoms with van der Waals surface area (Å²) in [6.45, 7) is 2.90. The van der Waals surface area contributed by atoms with Crippen LogP contribution in [0.25, 0.3) is 0 Å². The molecule has 2 N–H and O–H groups in total. The van der Waals surface area contributed by atoms with Gasteiger partial charge in [-0.1, -0.05) is 0 Å². The minimum atomic E-state index is -3.47. The van der Waals surface area contributed by atoms with Gasteiger partial charge < -0.3 is 10.4 Å². The second kappa shape index (κ2) is 7.86. The summed E-state index contributed by atoms with van der Waals surface area (Å²) in [7, 11) is -3.47. The quantitative estimate of drug-likeness (QED) is 0.754. The molecule has 0 spiro atoms. The van der Waals surface area contributed by atoms with Crippen LogP contribution in [0.1, 0.15) is 30.1 Å². The number of benzene rings is 1. The second-order valence-electron chi connectivity index (χ2n) is 6.25. The zero-order valence-corrected chi connectivity index (χ0v) is 15.6. The van der Waals surface area contributed by atoms with Gasteiger partial charge in [0.1, 0.15) is 0 Å². The van der Waals surface area contributed by atoms with Crippen molar-refractivity contribution in [2.24, 2.45) is 0 Å². The van der Waals surface area contributed by atoms with E-state index in [1.165, 1.54) is 40.3 Å². The Morgan fingerprint density at radius 1 is 1.29 bits per heavy atom. The topological polar surface area (TPSA) is 86.7 Å². The molecule has 1 atom stereocenters. The van der Waals surface area contributed by atoms with Crippen molar-refractivity contribution in [2.45, 2.75) is 30.3 Å². The number of amides is 1. The van der Waals surface area contributed by atoms with Crippen molar-refractivity contribution in [2.75, 3.05) is 31.6 Å². The molecule has 0 radical (unpaired) electrons. The van der Waals surface area contributed by atoms with Crippen LogP contribution in [0.2, 0.25) is 0 Å². The predicted octanol–water partition coefficient (Wildman–Crippen LogP) is 1.31. The Morgan fingerprint density at radius 2 is 1.88 bits per heavy atom. The van der Waals surface area contributed by atoms with E-state index in [9.17, 15) is 18.3 Å². The molecule has 0 aromatic heterocycles. The molecule has 8 heteroatoms. The van der Waals surface area contributed by atoms with E-state index in [0.717, 1.165) is 12.8 Å². The van der Waals surface area contributed by atoms with E-state index in [2.05, 4.69) is 5.32 Å². The normalized spacial score (nSPS) is 18.3. The summed E-state index contributed by atoms with van der Waals surface area (Å²) in [4.78, 5) is 12.3. The number of rotatable bonds is 7. The highest BCUT2D eigenvalue weighted by Gasteiger charge is 2.27.